The summed E-state index contributed by atoms with van der Waals surface area (Å²) in [6.07, 6.45) is 5.53. The summed E-state index contributed by atoms with van der Waals surface area (Å²) >= 11 is 0. The Morgan fingerprint density at radius 2 is 1.95 bits per heavy atom. The van der Waals surface area contributed by atoms with Gasteiger partial charge in [0.25, 0.3) is 0 Å². The van der Waals surface area contributed by atoms with Crippen LogP contribution in [0.3, 0.4) is 0 Å². The SMILES string of the molecule is CN1CCCC2(CC1)Oc1ccccc1Cn1cccc12. The molecule has 3 heterocycles. The molecule has 1 aromatic carbocycles. The number of para-hydroxylation sites is 1. The second-order valence-corrected chi connectivity index (χ2v) is 6.38. The third-order valence-corrected chi connectivity index (χ3v) is 4.93. The number of nitrogens with zero attached hydrogens (tertiary/aromatic N) is 2. The van der Waals surface area contributed by atoms with Crippen molar-refractivity contribution in [2.45, 2.75) is 31.4 Å². The summed E-state index contributed by atoms with van der Waals surface area (Å²) in [4.78, 5) is 2.42. The molecule has 3 heteroatoms. The molecule has 0 radical (unpaired) electrons. The third-order valence-electron chi connectivity index (χ3n) is 4.93. The zero-order chi connectivity index (χ0) is 14.3. The lowest BCUT2D eigenvalue weighted by Gasteiger charge is -2.33. The Morgan fingerprint density at radius 1 is 1.05 bits per heavy atom. The number of hydrogen-bond acceptors (Lipinski definition) is 2. The van der Waals surface area contributed by atoms with Crippen molar-refractivity contribution in [2.75, 3.05) is 20.1 Å². The molecule has 1 atom stereocenters. The van der Waals surface area contributed by atoms with Crippen molar-refractivity contribution in [2.24, 2.45) is 0 Å². The molecule has 2 aromatic rings. The van der Waals surface area contributed by atoms with Crippen molar-refractivity contribution in [3.63, 3.8) is 0 Å². The van der Waals surface area contributed by atoms with Crippen molar-refractivity contribution in [3.05, 3.63) is 53.9 Å². The molecule has 0 aliphatic carbocycles. The van der Waals surface area contributed by atoms with E-state index >= 15 is 0 Å². The lowest BCUT2D eigenvalue weighted by atomic mass is 9.90. The standard InChI is InChI=1S/C18H22N2O/c1-19-11-5-9-18(10-13-19)17-8-4-12-20(17)14-15-6-2-3-7-16(15)21-18/h2-4,6-8,12H,5,9-11,13-14H2,1H3. The number of hydrogen-bond donors (Lipinski definition) is 0. The molecule has 0 bridgehead atoms. The van der Waals surface area contributed by atoms with Gasteiger partial charge >= 0.3 is 0 Å². The van der Waals surface area contributed by atoms with Gasteiger partial charge in [-0.05, 0) is 44.6 Å². The first-order chi connectivity index (χ1) is 10.3. The fourth-order valence-electron chi connectivity index (χ4n) is 3.75. The maximum absolute atomic E-state index is 6.65. The average molecular weight is 282 g/mol. The van der Waals surface area contributed by atoms with Crippen LogP contribution >= 0.6 is 0 Å². The minimum Gasteiger partial charge on any atom is -0.481 e. The van der Waals surface area contributed by atoms with Crippen LogP contribution in [-0.4, -0.2) is 29.6 Å². The lowest BCUT2D eigenvalue weighted by molar-refractivity contribution is 0.0462. The Hall–Kier alpha value is -1.74. The van der Waals surface area contributed by atoms with E-state index in [1.165, 1.54) is 17.7 Å². The fraction of sp³-hybridized carbons (Fsp3) is 0.444. The Balaban J connectivity index is 1.83. The zero-order valence-electron chi connectivity index (χ0n) is 12.6. The van der Waals surface area contributed by atoms with Crippen molar-refractivity contribution in [3.8, 4) is 5.75 Å². The van der Waals surface area contributed by atoms with E-state index in [-0.39, 0.29) is 5.60 Å². The van der Waals surface area contributed by atoms with Crippen LogP contribution in [0.2, 0.25) is 0 Å². The molecule has 0 saturated carbocycles. The van der Waals surface area contributed by atoms with Gasteiger partial charge in [0.2, 0.25) is 0 Å². The predicted octanol–water partition coefficient (Wildman–Crippen LogP) is 3.24. The fourth-order valence-corrected chi connectivity index (χ4v) is 3.75. The van der Waals surface area contributed by atoms with E-state index in [0.717, 1.165) is 38.2 Å². The Kier molecular flexibility index (Phi) is 3.03. The van der Waals surface area contributed by atoms with Crippen molar-refractivity contribution < 1.29 is 4.74 Å². The van der Waals surface area contributed by atoms with Crippen LogP contribution in [-0.2, 0) is 12.1 Å². The highest BCUT2D eigenvalue weighted by Gasteiger charge is 2.40. The second-order valence-electron chi connectivity index (χ2n) is 6.38. The number of likely N-dealkylation sites (tertiary alicyclic amines) is 1. The number of ether oxygens (including phenoxy) is 1. The van der Waals surface area contributed by atoms with Crippen LogP contribution in [0.4, 0.5) is 0 Å². The van der Waals surface area contributed by atoms with E-state index in [4.69, 9.17) is 4.74 Å². The summed E-state index contributed by atoms with van der Waals surface area (Å²) in [5.41, 5.74) is 2.46. The molecule has 1 aromatic heterocycles. The van der Waals surface area contributed by atoms with Gasteiger partial charge < -0.3 is 14.2 Å². The molecule has 4 rings (SSSR count). The van der Waals surface area contributed by atoms with Gasteiger partial charge in [-0.15, -0.1) is 0 Å². The van der Waals surface area contributed by atoms with Gasteiger partial charge in [-0.2, -0.15) is 0 Å². The maximum Gasteiger partial charge on any atom is 0.150 e. The molecular formula is C18H22N2O. The van der Waals surface area contributed by atoms with Gasteiger partial charge in [-0.3, -0.25) is 0 Å². The number of aromatic nitrogens is 1. The highest BCUT2D eigenvalue weighted by atomic mass is 16.5. The van der Waals surface area contributed by atoms with E-state index in [1.54, 1.807) is 0 Å². The van der Waals surface area contributed by atoms with E-state index in [2.05, 4.69) is 59.1 Å². The zero-order valence-corrected chi connectivity index (χ0v) is 12.6. The third kappa shape index (κ3) is 2.16. The van der Waals surface area contributed by atoms with E-state index in [1.807, 2.05) is 0 Å². The first kappa shape index (κ1) is 13.0. The summed E-state index contributed by atoms with van der Waals surface area (Å²) in [7, 11) is 2.21. The molecule has 110 valence electrons. The molecule has 1 saturated heterocycles. The molecule has 0 N–H and O–H groups in total. The molecule has 2 aliphatic rings. The largest absolute Gasteiger partial charge is 0.481 e. The first-order valence-corrected chi connectivity index (χ1v) is 7.88. The second kappa shape index (κ2) is 4.92. The number of fused-ring (bicyclic) bond motifs is 3. The smallest absolute Gasteiger partial charge is 0.150 e. The molecule has 2 aliphatic heterocycles. The van der Waals surface area contributed by atoms with Crippen LogP contribution in [0.5, 0.6) is 5.75 Å². The highest BCUT2D eigenvalue weighted by molar-refractivity contribution is 5.38. The topological polar surface area (TPSA) is 17.4 Å². The Labute approximate surface area is 126 Å². The summed E-state index contributed by atoms with van der Waals surface area (Å²) in [6, 6.07) is 12.9. The molecule has 1 fully saturated rings. The minimum absolute atomic E-state index is 0.166. The van der Waals surface area contributed by atoms with Crippen LogP contribution in [0, 0.1) is 0 Å². The molecule has 0 amide bonds. The molecule has 21 heavy (non-hydrogen) atoms. The van der Waals surface area contributed by atoms with E-state index in [9.17, 15) is 0 Å². The quantitative estimate of drug-likeness (QED) is 0.738. The molecule has 1 spiro atoms. The van der Waals surface area contributed by atoms with Crippen LogP contribution in [0.15, 0.2) is 42.6 Å². The number of benzene rings is 1. The van der Waals surface area contributed by atoms with E-state index in [0.29, 0.717) is 0 Å². The van der Waals surface area contributed by atoms with Crippen molar-refractivity contribution >= 4 is 0 Å². The molecular weight excluding hydrogens is 260 g/mol. The highest BCUT2D eigenvalue weighted by Crippen LogP contribution is 2.41. The van der Waals surface area contributed by atoms with Crippen LogP contribution < -0.4 is 4.74 Å². The van der Waals surface area contributed by atoms with Crippen LogP contribution in [0.1, 0.15) is 30.5 Å². The van der Waals surface area contributed by atoms with Gasteiger partial charge in [0.15, 0.2) is 0 Å². The molecule has 3 nitrogen and oxygen atoms in total. The lowest BCUT2D eigenvalue weighted by Crippen LogP contribution is -2.35. The summed E-state index contributed by atoms with van der Waals surface area (Å²) in [6.45, 7) is 3.16. The van der Waals surface area contributed by atoms with E-state index < -0.39 is 0 Å². The predicted molar refractivity (Wildman–Crippen MR) is 83.6 cm³/mol. The van der Waals surface area contributed by atoms with Gasteiger partial charge in [0.05, 0.1) is 12.2 Å². The minimum atomic E-state index is -0.166. The maximum atomic E-state index is 6.65. The number of rotatable bonds is 0. The first-order valence-electron chi connectivity index (χ1n) is 7.88. The van der Waals surface area contributed by atoms with Crippen molar-refractivity contribution in [1.29, 1.82) is 0 Å². The van der Waals surface area contributed by atoms with Gasteiger partial charge in [0, 0.05) is 24.7 Å². The van der Waals surface area contributed by atoms with Gasteiger partial charge in [-0.25, -0.2) is 0 Å². The average Bonchev–Trinajstić information content (AvgIpc) is 2.82. The van der Waals surface area contributed by atoms with Crippen molar-refractivity contribution in [1.82, 2.24) is 9.47 Å². The van der Waals surface area contributed by atoms with Gasteiger partial charge in [-0.1, -0.05) is 18.2 Å². The normalized spacial score (nSPS) is 25.6. The summed E-state index contributed by atoms with van der Waals surface area (Å²) in [5, 5.41) is 0. The summed E-state index contributed by atoms with van der Waals surface area (Å²) < 4.78 is 9.02. The monoisotopic (exact) mass is 282 g/mol. The molecule has 1 unspecified atom stereocenters. The Morgan fingerprint density at radius 3 is 2.90 bits per heavy atom. The summed E-state index contributed by atoms with van der Waals surface area (Å²) in [5.74, 6) is 1.06. The Bertz CT molecular complexity index is 648. The van der Waals surface area contributed by atoms with Crippen LogP contribution in [0.25, 0.3) is 0 Å². The van der Waals surface area contributed by atoms with Gasteiger partial charge in [0.1, 0.15) is 11.4 Å².